The first-order valence-electron chi connectivity index (χ1n) is 6.23. The van der Waals surface area contributed by atoms with E-state index in [0.29, 0.717) is 36.6 Å². The van der Waals surface area contributed by atoms with Crippen molar-refractivity contribution in [3.63, 3.8) is 0 Å². The Kier molecular flexibility index (Phi) is 3.98. The van der Waals surface area contributed by atoms with Crippen LogP contribution in [0.3, 0.4) is 0 Å². The van der Waals surface area contributed by atoms with E-state index in [9.17, 15) is 4.79 Å². The van der Waals surface area contributed by atoms with Gasteiger partial charge in [-0.2, -0.15) is 0 Å². The molecule has 6 heteroatoms. The van der Waals surface area contributed by atoms with Crippen molar-refractivity contribution in [1.82, 2.24) is 10.1 Å². The average Bonchev–Trinajstić information content (AvgIpc) is 3.04. The highest BCUT2D eigenvalue weighted by Gasteiger charge is 2.33. The quantitative estimate of drug-likeness (QED) is 0.774. The van der Waals surface area contributed by atoms with Crippen molar-refractivity contribution in [2.45, 2.75) is 25.8 Å². The Morgan fingerprint density at radius 2 is 2.44 bits per heavy atom. The third-order valence-corrected chi connectivity index (χ3v) is 3.26. The van der Waals surface area contributed by atoms with Gasteiger partial charge in [0, 0.05) is 18.7 Å². The number of likely N-dealkylation sites (N-methyl/N-ethyl adjacent to an activating group) is 1. The Hall–Kier alpha value is -1.40. The van der Waals surface area contributed by atoms with Crippen LogP contribution in [0.5, 0.6) is 0 Å². The molecule has 1 saturated carbocycles. The minimum atomic E-state index is -0.0927. The molecule has 0 spiro atoms. The zero-order valence-corrected chi connectivity index (χ0v) is 10.8. The molecule has 1 unspecified atom stereocenters. The van der Waals surface area contributed by atoms with Gasteiger partial charge in [0.15, 0.2) is 5.82 Å². The molecule has 0 saturated heterocycles. The van der Waals surface area contributed by atoms with Crippen LogP contribution in [0.15, 0.2) is 10.6 Å². The zero-order valence-electron chi connectivity index (χ0n) is 10.8. The molecule has 1 heterocycles. The Bertz CT molecular complexity index is 414. The lowest BCUT2D eigenvalue weighted by Gasteiger charge is -2.25. The predicted molar refractivity (Wildman–Crippen MR) is 68.1 cm³/mol. The molecule has 0 aliphatic heterocycles. The van der Waals surface area contributed by atoms with E-state index in [-0.39, 0.29) is 5.91 Å². The molecule has 3 N–H and O–H groups in total. The van der Waals surface area contributed by atoms with Gasteiger partial charge in [-0.1, -0.05) is 5.16 Å². The lowest BCUT2D eigenvalue weighted by molar-refractivity contribution is -0.117. The van der Waals surface area contributed by atoms with E-state index in [2.05, 4.69) is 10.5 Å². The van der Waals surface area contributed by atoms with Gasteiger partial charge in [0.25, 0.3) is 0 Å². The van der Waals surface area contributed by atoms with E-state index in [1.54, 1.807) is 13.0 Å². The van der Waals surface area contributed by atoms with Crippen molar-refractivity contribution < 1.29 is 9.32 Å². The van der Waals surface area contributed by atoms with Crippen LogP contribution in [0.25, 0.3) is 0 Å². The SMILES string of the molecule is Cc1cc(NC(=O)CN(C)C(CN)C2CC2)no1. The molecule has 18 heavy (non-hydrogen) atoms. The molecule has 0 radical (unpaired) electrons. The van der Waals surface area contributed by atoms with Gasteiger partial charge in [0.05, 0.1) is 6.54 Å². The maximum atomic E-state index is 11.8. The Morgan fingerprint density at radius 3 is 2.94 bits per heavy atom. The Balaban J connectivity index is 1.82. The molecule has 100 valence electrons. The van der Waals surface area contributed by atoms with E-state index in [1.165, 1.54) is 12.8 Å². The molecule has 6 nitrogen and oxygen atoms in total. The van der Waals surface area contributed by atoms with Crippen molar-refractivity contribution >= 4 is 11.7 Å². The summed E-state index contributed by atoms with van der Waals surface area (Å²) in [5.74, 6) is 1.70. The van der Waals surface area contributed by atoms with Crippen LogP contribution >= 0.6 is 0 Å². The molecule has 1 fully saturated rings. The summed E-state index contributed by atoms with van der Waals surface area (Å²) < 4.78 is 4.89. The third-order valence-electron chi connectivity index (χ3n) is 3.26. The van der Waals surface area contributed by atoms with Crippen molar-refractivity contribution in [2.24, 2.45) is 11.7 Å². The van der Waals surface area contributed by atoms with Gasteiger partial charge < -0.3 is 15.6 Å². The molecule has 1 atom stereocenters. The third kappa shape index (κ3) is 3.30. The predicted octanol–water partition coefficient (Wildman–Crippen LogP) is 0.591. The maximum Gasteiger partial charge on any atom is 0.239 e. The lowest BCUT2D eigenvalue weighted by atomic mass is 10.1. The van der Waals surface area contributed by atoms with Gasteiger partial charge in [0.2, 0.25) is 5.91 Å². The van der Waals surface area contributed by atoms with Crippen LogP contribution < -0.4 is 11.1 Å². The monoisotopic (exact) mass is 252 g/mol. The largest absolute Gasteiger partial charge is 0.360 e. The number of aromatic nitrogens is 1. The number of hydrogen-bond donors (Lipinski definition) is 2. The van der Waals surface area contributed by atoms with Crippen LogP contribution in [-0.2, 0) is 4.79 Å². The van der Waals surface area contributed by atoms with Crippen molar-refractivity contribution in [2.75, 3.05) is 25.5 Å². The number of anilines is 1. The van der Waals surface area contributed by atoms with E-state index in [4.69, 9.17) is 10.3 Å². The maximum absolute atomic E-state index is 11.8. The second-order valence-corrected chi connectivity index (χ2v) is 4.93. The van der Waals surface area contributed by atoms with E-state index in [1.807, 2.05) is 11.9 Å². The second-order valence-electron chi connectivity index (χ2n) is 4.93. The molecular weight excluding hydrogens is 232 g/mol. The van der Waals surface area contributed by atoms with Crippen LogP contribution in [0, 0.1) is 12.8 Å². The highest BCUT2D eigenvalue weighted by atomic mass is 16.5. The highest BCUT2D eigenvalue weighted by Crippen LogP contribution is 2.34. The minimum Gasteiger partial charge on any atom is -0.360 e. The van der Waals surface area contributed by atoms with Gasteiger partial charge >= 0.3 is 0 Å². The summed E-state index contributed by atoms with van der Waals surface area (Å²) in [6, 6.07) is 1.99. The highest BCUT2D eigenvalue weighted by molar-refractivity contribution is 5.91. The summed E-state index contributed by atoms with van der Waals surface area (Å²) in [4.78, 5) is 13.8. The van der Waals surface area contributed by atoms with E-state index < -0.39 is 0 Å². The van der Waals surface area contributed by atoms with Crippen molar-refractivity contribution in [1.29, 1.82) is 0 Å². The van der Waals surface area contributed by atoms with Crippen LogP contribution in [0.2, 0.25) is 0 Å². The summed E-state index contributed by atoms with van der Waals surface area (Å²) in [6.07, 6.45) is 2.44. The van der Waals surface area contributed by atoms with Crippen LogP contribution in [0.1, 0.15) is 18.6 Å². The molecule has 1 aromatic heterocycles. The topological polar surface area (TPSA) is 84.4 Å². The van der Waals surface area contributed by atoms with E-state index in [0.717, 1.165) is 0 Å². The molecule has 2 rings (SSSR count). The smallest absolute Gasteiger partial charge is 0.239 e. The van der Waals surface area contributed by atoms with Gasteiger partial charge in [-0.05, 0) is 32.7 Å². The second kappa shape index (κ2) is 5.49. The number of amides is 1. The summed E-state index contributed by atoms with van der Waals surface area (Å²) in [5, 5.41) is 6.43. The van der Waals surface area contributed by atoms with E-state index >= 15 is 0 Å². The fourth-order valence-electron chi connectivity index (χ4n) is 2.16. The molecule has 1 aromatic rings. The summed E-state index contributed by atoms with van der Waals surface area (Å²) in [6.45, 7) is 2.70. The first kappa shape index (κ1) is 13.0. The molecule has 0 bridgehead atoms. The normalized spacial score (nSPS) is 16.9. The molecule has 1 aliphatic rings. The first-order chi connectivity index (χ1) is 8.60. The van der Waals surface area contributed by atoms with Crippen LogP contribution in [-0.4, -0.2) is 42.1 Å². The van der Waals surface area contributed by atoms with Gasteiger partial charge in [-0.3, -0.25) is 9.69 Å². The Morgan fingerprint density at radius 1 is 1.72 bits per heavy atom. The number of rotatable bonds is 6. The number of aryl methyl sites for hydroxylation is 1. The first-order valence-corrected chi connectivity index (χ1v) is 6.23. The van der Waals surface area contributed by atoms with Crippen molar-refractivity contribution in [3.05, 3.63) is 11.8 Å². The molecule has 1 amide bonds. The molecule has 0 aromatic carbocycles. The van der Waals surface area contributed by atoms with Gasteiger partial charge in [-0.25, -0.2) is 0 Å². The summed E-state index contributed by atoms with van der Waals surface area (Å²) in [5.41, 5.74) is 5.75. The van der Waals surface area contributed by atoms with Crippen LogP contribution in [0.4, 0.5) is 5.82 Å². The number of carbonyl (C=O) groups is 1. The van der Waals surface area contributed by atoms with Crippen molar-refractivity contribution in [3.8, 4) is 0 Å². The minimum absolute atomic E-state index is 0.0927. The standard InChI is InChI=1S/C12H20N4O2/c1-8-5-11(15-18-8)14-12(17)7-16(2)10(6-13)9-3-4-9/h5,9-10H,3-4,6-7,13H2,1-2H3,(H,14,15,17). The summed E-state index contributed by atoms with van der Waals surface area (Å²) >= 11 is 0. The fraction of sp³-hybridized carbons (Fsp3) is 0.667. The number of nitrogens with zero attached hydrogens (tertiary/aromatic N) is 2. The average molecular weight is 252 g/mol. The number of nitrogens with two attached hydrogens (primary N) is 1. The number of hydrogen-bond acceptors (Lipinski definition) is 5. The zero-order chi connectivity index (χ0) is 13.1. The van der Waals surface area contributed by atoms with Gasteiger partial charge in [-0.15, -0.1) is 0 Å². The fourth-order valence-corrected chi connectivity index (χ4v) is 2.16. The molecular formula is C12H20N4O2. The summed E-state index contributed by atoms with van der Waals surface area (Å²) in [7, 11) is 1.93. The Labute approximate surface area is 106 Å². The number of carbonyl (C=O) groups excluding carboxylic acids is 1. The lowest BCUT2D eigenvalue weighted by Crippen LogP contribution is -2.43. The molecule has 1 aliphatic carbocycles. The van der Waals surface area contributed by atoms with Gasteiger partial charge in [0.1, 0.15) is 5.76 Å². The number of nitrogens with one attached hydrogen (secondary N) is 1.